The van der Waals surface area contributed by atoms with Crippen LogP contribution in [-0.4, -0.2) is 55.1 Å². The third kappa shape index (κ3) is 6.16. The average molecular weight is 512 g/mol. The zero-order chi connectivity index (χ0) is 25.7. The number of fused-ring (bicyclic) bond motifs is 1. The maximum atomic E-state index is 12.9. The van der Waals surface area contributed by atoms with Crippen molar-refractivity contribution in [3.05, 3.63) is 53.2 Å². The number of nitrogens with zero attached hydrogens (tertiary/aromatic N) is 2. The maximum Gasteiger partial charge on any atom is 0.316 e. The van der Waals surface area contributed by atoms with Gasteiger partial charge < -0.3 is 30.7 Å². The number of pyridine rings is 1. The number of rotatable bonds is 8. The van der Waals surface area contributed by atoms with Gasteiger partial charge in [-0.3, -0.25) is 9.78 Å². The Morgan fingerprint density at radius 2 is 1.94 bits per heavy atom. The number of carbonyl (C=O) groups excluding carboxylic acids is 2. The molecule has 0 aliphatic carbocycles. The SMILES string of the molecule is CCNC(=O)c1cc2c(Oc3ccc(NC(N)=O)c(Cl)c3)ccnc2cc1OCC1CCN(C)CC1. The molecule has 0 radical (unpaired) electrons. The Bertz CT molecular complexity index is 1260. The second-order valence-electron chi connectivity index (χ2n) is 8.82. The second kappa shape index (κ2) is 11.5. The third-order valence-electron chi connectivity index (χ3n) is 6.12. The lowest BCUT2D eigenvalue weighted by Gasteiger charge is -2.29. The van der Waals surface area contributed by atoms with Crippen molar-refractivity contribution >= 4 is 40.1 Å². The van der Waals surface area contributed by atoms with Crippen molar-refractivity contribution in [3.63, 3.8) is 0 Å². The normalized spacial score (nSPS) is 14.4. The Labute approximate surface area is 214 Å². The zero-order valence-electron chi connectivity index (χ0n) is 20.3. The monoisotopic (exact) mass is 511 g/mol. The molecule has 36 heavy (non-hydrogen) atoms. The van der Waals surface area contributed by atoms with E-state index in [1.165, 1.54) is 0 Å². The number of amides is 3. The van der Waals surface area contributed by atoms with Crippen LogP contribution in [0.1, 0.15) is 30.1 Å². The van der Waals surface area contributed by atoms with E-state index in [1.54, 1.807) is 42.6 Å². The van der Waals surface area contributed by atoms with Gasteiger partial charge in [-0.2, -0.15) is 0 Å². The molecule has 190 valence electrons. The van der Waals surface area contributed by atoms with E-state index in [1.807, 2.05) is 6.92 Å². The number of benzene rings is 2. The molecule has 0 bridgehead atoms. The fourth-order valence-corrected chi connectivity index (χ4v) is 4.36. The minimum absolute atomic E-state index is 0.225. The van der Waals surface area contributed by atoms with Crippen LogP contribution in [0.3, 0.4) is 0 Å². The number of ether oxygens (including phenoxy) is 2. The van der Waals surface area contributed by atoms with Crippen molar-refractivity contribution in [2.24, 2.45) is 11.7 Å². The van der Waals surface area contributed by atoms with E-state index in [-0.39, 0.29) is 10.9 Å². The van der Waals surface area contributed by atoms with Crippen LogP contribution in [0.25, 0.3) is 10.9 Å². The minimum atomic E-state index is -0.711. The summed E-state index contributed by atoms with van der Waals surface area (Å²) in [6, 6.07) is 9.37. The Morgan fingerprint density at radius 1 is 1.17 bits per heavy atom. The number of hydrogen-bond acceptors (Lipinski definition) is 6. The predicted octanol–water partition coefficient (Wildman–Crippen LogP) is 4.64. The van der Waals surface area contributed by atoms with Crippen LogP contribution in [0.15, 0.2) is 42.6 Å². The van der Waals surface area contributed by atoms with Crippen LogP contribution in [0, 0.1) is 5.92 Å². The first-order chi connectivity index (χ1) is 17.3. The molecule has 1 fully saturated rings. The van der Waals surface area contributed by atoms with Gasteiger partial charge in [0.25, 0.3) is 5.91 Å². The summed E-state index contributed by atoms with van der Waals surface area (Å²) in [5, 5.41) is 6.24. The lowest BCUT2D eigenvalue weighted by molar-refractivity contribution is 0.0949. The highest BCUT2D eigenvalue weighted by atomic mass is 35.5. The Morgan fingerprint density at radius 3 is 2.64 bits per heavy atom. The first-order valence-electron chi connectivity index (χ1n) is 11.9. The highest BCUT2D eigenvalue weighted by Crippen LogP contribution is 2.35. The van der Waals surface area contributed by atoms with Crippen molar-refractivity contribution in [1.82, 2.24) is 15.2 Å². The van der Waals surface area contributed by atoms with E-state index in [0.717, 1.165) is 25.9 Å². The number of piperidine rings is 1. The molecule has 2 heterocycles. The second-order valence-corrected chi connectivity index (χ2v) is 9.23. The largest absolute Gasteiger partial charge is 0.492 e. The zero-order valence-corrected chi connectivity index (χ0v) is 21.1. The van der Waals surface area contributed by atoms with Crippen LogP contribution in [-0.2, 0) is 0 Å². The van der Waals surface area contributed by atoms with Gasteiger partial charge in [-0.15, -0.1) is 0 Å². The van der Waals surface area contributed by atoms with Gasteiger partial charge in [0, 0.05) is 30.3 Å². The molecule has 0 saturated carbocycles. The lowest BCUT2D eigenvalue weighted by Crippen LogP contribution is -2.32. The topological polar surface area (TPSA) is 119 Å². The van der Waals surface area contributed by atoms with Crippen molar-refractivity contribution in [1.29, 1.82) is 0 Å². The molecule has 3 aromatic rings. The van der Waals surface area contributed by atoms with Crippen molar-refractivity contribution in [2.45, 2.75) is 19.8 Å². The highest BCUT2D eigenvalue weighted by Gasteiger charge is 2.21. The summed E-state index contributed by atoms with van der Waals surface area (Å²) < 4.78 is 12.3. The van der Waals surface area contributed by atoms with Gasteiger partial charge in [0.15, 0.2) is 0 Å². The number of aromatic nitrogens is 1. The number of primary amides is 1. The Balaban J connectivity index is 1.63. The molecule has 2 aromatic carbocycles. The molecule has 10 heteroatoms. The average Bonchev–Trinajstić information content (AvgIpc) is 2.85. The van der Waals surface area contributed by atoms with Crippen molar-refractivity contribution < 1.29 is 19.1 Å². The number of anilines is 1. The van der Waals surface area contributed by atoms with E-state index < -0.39 is 6.03 Å². The molecule has 4 N–H and O–H groups in total. The number of likely N-dealkylation sites (tertiary alicyclic amines) is 1. The van der Waals surface area contributed by atoms with Gasteiger partial charge in [0.05, 0.1) is 28.4 Å². The molecule has 0 atom stereocenters. The summed E-state index contributed by atoms with van der Waals surface area (Å²) >= 11 is 6.25. The van der Waals surface area contributed by atoms with Crippen molar-refractivity contribution in [3.8, 4) is 17.2 Å². The molecule has 4 rings (SSSR count). The number of urea groups is 1. The summed E-state index contributed by atoms with van der Waals surface area (Å²) in [4.78, 5) is 30.8. The summed E-state index contributed by atoms with van der Waals surface area (Å²) in [6.45, 7) is 4.99. The molecule has 1 saturated heterocycles. The van der Waals surface area contributed by atoms with Gasteiger partial charge in [0.1, 0.15) is 17.2 Å². The Kier molecular flexibility index (Phi) is 8.12. The summed E-state index contributed by atoms with van der Waals surface area (Å²) in [7, 11) is 2.12. The van der Waals surface area contributed by atoms with Crippen LogP contribution >= 0.6 is 11.6 Å². The fraction of sp³-hybridized carbons (Fsp3) is 0.346. The fourth-order valence-electron chi connectivity index (χ4n) is 4.15. The smallest absolute Gasteiger partial charge is 0.316 e. The molecule has 1 aliphatic rings. The van der Waals surface area contributed by atoms with Gasteiger partial charge in [-0.05, 0) is 70.1 Å². The predicted molar refractivity (Wildman–Crippen MR) is 140 cm³/mol. The standard InChI is InChI=1S/C26H30ClN5O4/c1-3-29-25(33)19-13-18-22(14-24(19)35-15-16-7-10-32(2)11-8-16)30-9-6-23(18)36-17-4-5-21(20(27)12-17)31-26(28)34/h4-6,9,12-14,16H,3,7-8,10-11,15H2,1-2H3,(H,29,33)(H3,28,31,34). The number of halogens is 1. The van der Waals surface area contributed by atoms with Crippen molar-refractivity contribution in [2.75, 3.05) is 38.6 Å². The minimum Gasteiger partial charge on any atom is -0.492 e. The number of nitrogens with one attached hydrogen (secondary N) is 2. The lowest BCUT2D eigenvalue weighted by atomic mass is 9.98. The van der Waals surface area contributed by atoms with E-state index in [0.29, 0.717) is 58.5 Å². The van der Waals surface area contributed by atoms with E-state index in [9.17, 15) is 9.59 Å². The molecule has 3 amide bonds. The third-order valence-corrected chi connectivity index (χ3v) is 6.44. The molecular weight excluding hydrogens is 482 g/mol. The van der Waals surface area contributed by atoms with Crippen LogP contribution in [0.5, 0.6) is 17.2 Å². The quantitative estimate of drug-likeness (QED) is 0.405. The molecular formula is C26H30ClN5O4. The molecule has 1 aliphatic heterocycles. The number of carbonyl (C=O) groups is 2. The van der Waals surface area contributed by atoms with Crippen LogP contribution < -0.4 is 25.8 Å². The molecule has 0 spiro atoms. The number of hydrogen-bond donors (Lipinski definition) is 3. The first kappa shape index (κ1) is 25.5. The Hall–Kier alpha value is -3.56. The van der Waals surface area contributed by atoms with Crippen LogP contribution in [0.4, 0.5) is 10.5 Å². The van der Waals surface area contributed by atoms with E-state index in [4.69, 9.17) is 26.8 Å². The summed E-state index contributed by atoms with van der Waals surface area (Å²) in [5.74, 6) is 1.67. The molecule has 1 aromatic heterocycles. The van der Waals surface area contributed by atoms with E-state index >= 15 is 0 Å². The highest BCUT2D eigenvalue weighted by molar-refractivity contribution is 6.33. The number of nitrogens with two attached hydrogens (primary N) is 1. The molecule has 9 nitrogen and oxygen atoms in total. The summed E-state index contributed by atoms with van der Waals surface area (Å²) in [6.07, 6.45) is 3.76. The summed E-state index contributed by atoms with van der Waals surface area (Å²) in [5.41, 5.74) is 6.60. The maximum absolute atomic E-state index is 12.9. The first-order valence-corrected chi connectivity index (χ1v) is 12.3. The van der Waals surface area contributed by atoms with Crippen LogP contribution in [0.2, 0.25) is 5.02 Å². The molecule has 0 unspecified atom stereocenters. The van der Waals surface area contributed by atoms with Gasteiger partial charge in [0.2, 0.25) is 0 Å². The van der Waals surface area contributed by atoms with Gasteiger partial charge in [-0.25, -0.2) is 4.79 Å². The van der Waals surface area contributed by atoms with Gasteiger partial charge >= 0.3 is 6.03 Å². The van der Waals surface area contributed by atoms with E-state index in [2.05, 4.69) is 27.6 Å². The van der Waals surface area contributed by atoms with Gasteiger partial charge in [-0.1, -0.05) is 11.6 Å².